The molecule has 0 saturated carbocycles. The minimum Gasteiger partial charge on any atom is -0.478 e. The van der Waals surface area contributed by atoms with Crippen LogP contribution in [0.3, 0.4) is 0 Å². The second-order valence-corrected chi connectivity index (χ2v) is 7.50. The summed E-state index contributed by atoms with van der Waals surface area (Å²) < 4.78 is 5.51. The Balaban J connectivity index is 1.56. The molecule has 8 nitrogen and oxygen atoms in total. The highest BCUT2D eigenvalue weighted by molar-refractivity contribution is 6.31. The summed E-state index contributed by atoms with van der Waals surface area (Å²) in [7, 11) is 0. The predicted molar refractivity (Wildman–Crippen MR) is 107 cm³/mol. The molecule has 1 atom stereocenters. The van der Waals surface area contributed by atoms with Gasteiger partial charge < -0.3 is 15.2 Å². The number of anilines is 1. The van der Waals surface area contributed by atoms with Crippen molar-refractivity contribution < 1.29 is 29.0 Å². The van der Waals surface area contributed by atoms with E-state index in [0.717, 1.165) is 17.7 Å². The molecule has 0 unspecified atom stereocenters. The van der Waals surface area contributed by atoms with E-state index >= 15 is 0 Å². The molecule has 2 aromatic carbocycles. The number of carboxylic acids is 1. The lowest BCUT2D eigenvalue weighted by atomic mass is 10.0. The fraction of sp³-hybridized carbons (Fsp3) is 0.238. The smallest absolute Gasteiger partial charge is 0.337 e. The van der Waals surface area contributed by atoms with Crippen LogP contribution in [-0.2, 0) is 4.74 Å². The minimum absolute atomic E-state index is 0.0693. The maximum Gasteiger partial charge on any atom is 0.337 e. The van der Waals surface area contributed by atoms with E-state index in [2.05, 4.69) is 5.32 Å². The summed E-state index contributed by atoms with van der Waals surface area (Å²) in [6.45, 7) is 0.793. The van der Waals surface area contributed by atoms with Crippen molar-refractivity contribution in [1.82, 2.24) is 4.90 Å². The van der Waals surface area contributed by atoms with E-state index in [9.17, 15) is 24.3 Å². The fourth-order valence-electron chi connectivity index (χ4n) is 3.59. The van der Waals surface area contributed by atoms with Crippen molar-refractivity contribution in [1.29, 1.82) is 0 Å². The van der Waals surface area contributed by atoms with Gasteiger partial charge in [0.2, 0.25) is 0 Å². The number of rotatable bonds is 5. The first-order valence-corrected chi connectivity index (χ1v) is 9.69. The Morgan fingerprint density at radius 3 is 2.60 bits per heavy atom. The Kier molecular flexibility index (Phi) is 5.27. The van der Waals surface area contributed by atoms with Crippen molar-refractivity contribution in [2.24, 2.45) is 0 Å². The first kappa shape index (κ1) is 20.1. The van der Waals surface area contributed by atoms with Gasteiger partial charge >= 0.3 is 5.97 Å². The highest BCUT2D eigenvalue weighted by atomic mass is 35.5. The third kappa shape index (κ3) is 3.67. The van der Waals surface area contributed by atoms with E-state index in [1.807, 2.05) is 0 Å². The number of ether oxygens (including phenoxy) is 1. The van der Waals surface area contributed by atoms with Gasteiger partial charge in [0.05, 0.1) is 35.0 Å². The van der Waals surface area contributed by atoms with Crippen LogP contribution in [0.15, 0.2) is 36.4 Å². The van der Waals surface area contributed by atoms with E-state index in [0.29, 0.717) is 6.61 Å². The molecule has 3 amide bonds. The van der Waals surface area contributed by atoms with Gasteiger partial charge in [-0.1, -0.05) is 11.6 Å². The molecule has 0 radical (unpaired) electrons. The van der Waals surface area contributed by atoms with Crippen molar-refractivity contribution in [3.05, 3.63) is 63.7 Å². The third-order valence-corrected chi connectivity index (χ3v) is 5.34. The molecule has 2 heterocycles. The Morgan fingerprint density at radius 1 is 1.13 bits per heavy atom. The molecule has 2 aromatic rings. The number of carbonyl (C=O) groups is 4. The lowest BCUT2D eigenvalue weighted by Gasteiger charge is -2.17. The molecule has 0 aromatic heterocycles. The van der Waals surface area contributed by atoms with Crippen LogP contribution in [0.5, 0.6) is 0 Å². The van der Waals surface area contributed by atoms with Gasteiger partial charge in [-0.2, -0.15) is 0 Å². The minimum atomic E-state index is -1.24. The molecule has 0 spiro atoms. The van der Waals surface area contributed by atoms with Crippen LogP contribution in [0.25, 0.3) is 0 Å². The SMILES string of the molecule is O=C(Nc1ccc(Cl)cc1C(=O)O)c1ccc2c(c1)C(=O)N(C[C@@H]1CCCO1)C2=O. The van der Waals surface area contributed by atoms with Gasteiger partial charge in [-0.25, -0.2) is 4.79 Å². The number of nitrogens with zero attached hydrogens (tertiary/aromatic N) is 1. The maximum atomic E-state index is 12.7. The van der Waals surface area contributed by atoms with Gasteiger partial charge in [-0.05, 0) is 49.2 Å². The lowest BCUT2D eigenvalue weighted by Crippen LogP contribution is -2.36. The molecule has 1 fully saturated rings. The van der Waals surface area contributed by atoms with E-state index in [4.69, 9.17) is 16.3 Å². The van der Waals surface area contributed by atoms with Crippen molar-refractivity contribution in [2.45, 2.75) is 18.9 Å². The summed E-state index contributed by atoms with van der Waals surface area (Å²) in [5, 5.41) is 12.0. The summed E-state index contributed by atoms with van der Waals surface area (Å²) in [6, 6.07) is 8.27. The van der Waals surface area contributed by atoms with Crippen molar-refractivity contribution in [2.75, 3.05) is 18.5 Å². The zero-order valence-corrected chi connectivity index (χ0v) is 16.4. The second kappa shape index (κ2) is 7.89. The van der Waals surface area contributed by atoms with Gasteiger partial charge in [-0.15, -0.1) is 0 Å². The maximum absolute atomic E-state index is 12.7. The molecule has 2 aliphatic heterocycles. The number of carbonyl (C=O) groups excluding carboxylic acids is 3. The van der Waals surface area contributed by atoms with Crippen molar-refractivity contribution >= 4 is 41.0 Å². The van der Waals surface area contributed by atoms with Crippen molar-refractivity contribution in [3.63, 3.8) is 0 Å². The number of benzene rings is 2. The summed E-state index contributed by atoms with van der Waals surface area (Å²) in [5.74, 6) is -2.74. The average molecular weight is 429 g/mol. The zero-order valence-electron chi connectivity index (χ0n) is 15.7. The quantitative estimate of drug-likeness (QED) is 0.707. The number of amides is 3. The van der Waals surface area contributed by atoms with Crippen molar-refractivity contribution in [3.8, 4) is 0 Å². The molecule has 0 bridgehead atoms. The number of imide groups is 1. The molecule has 154 valence electrons. The third-order valence-electron chi connectivity index (χ3n) is 5.10. The van der Waals surface area contributed by atoms with Crippen LogP contribution in [-0.4, -0.2) is 53.0 Å². The summed E-state index contributed by atoms with van der Waals surface area (Å²) in [5.41, 5.74) is 0.401. The van der Waals surface area contributed by atoms with Gasteiger partial charge in [-0.3, -0.25) is 19.3 Å². The molecule has 0 aliphatic carbocycles. The number of fused-ring (bicyclic) bond motifs is 1. The van der Waals surface area contributed by atoms with Gasteiger partial charge in [0.15, 0.2) is 0 Å². The topological polar surface area (TPSA) is 113 Å². The Bertz CT molecular complexity index is 1080. The van der Waals surface area contributed by atoms with E-state index in [1.54, 1.807) is 0 Å². The Labute approximate surface area is 176 Å². The number of nitrogens with one attached hydrogen (secondary N) is 1. The Hall–Kier alpha value is -3.23. The summed E-state index contributed by atoms with van der Waals surface area (Å²) in [4.78, 5) is 50.5. The summed E-state index contributed by atoms with van der Waals surface area (Å²) in [6.07, 6.45) is 1.50. The molecule has 2 aliphatic rings. The molecule has 30 heavy (non-hydrogen) atoms. The monoisotopic (exact) mass is 428 g/mol. The largest absolute Gasteiger partial charge is 0.478 e. The zero-order chi connectivity index (χ0) is 21.4. The number of halogens is 1. The number of hydrogen-bond donors (Lipinski definition) is 2. The van der Waals surface area contributed by atoms with Gasteiger partial charge in [0, 0.05) is 17.2 Å². The molecule has 4 rings (SSSR count). The van der Waals surface area contributed by atoms with Crippen LogP contribution in [0.4, 0.5) is 5.69 Å². The average Bonchev–Trinajstić information content (AvgIpc) is 3.32. The van der Waals surface area contributed by atoms with Crippen LogP contribution in [0.2, 0.25) is 5.02 Å². The van der Waals surface area contributed by atoms with Gasteiger partial charge in [0.25, 0.3) is 17.7 Å². The highest BCUT2D eigenvalue weighted by Gasteiger charge is 2.38. The van der Waals surface area contributed by atoms with Crippen LogP contribution in [0, 0.1) is 0 Å². The molecular weight excluding hydrogens is 412 g/mol. The number of carboxylic acid groups (broad SMARTS) is 1. The fourth-order valence-corrected chi connectivity index (χ4v) is 3.76. The first-order valence-electron chi connectivity index (χ1n) is 9.31. The van der Waals surface area contributed by atoms with E-state index < -0.39 is 23.7 Å². The normalized spacial score (nSPS) is 17.9. The van der Waals surface area contributed by atoms with E-state index in [-0.39, 0.29) is 45.6 Å². The van der Waals surface area contributed by atoms with E-state index in [1.165, 1.54) is 36.4 Å². The number of aromatic carboxylic acids is 1. The predicted octanol–water partition coefficient (Wildman–Crippen LogP) is 3.07. The van der Waals surface area contributed by atoms with Gasteiger partial charge in [0.1, 0.15) is 0 Å². The lowest BCUT2D eigenvalue weighted by molar-refractivity contribution is 0.0475. The Morgan fingerprint density at radius 2 is 1.90 bits per heavy atom. The van der Waals surface area contributed by atoms with Crippen LogP contribution < -0.4 is 5.32 Å². The molecule has 1 saturated heterocycles. The highest BCUT2D eigenvalue weighted by Crippen LogP contribution is 2.27. The first-order chi connectivity index (χ1) is 14.3. The molecular formula is C21H17ClN2O6. The second-order valence-electron chi connectivity index (χ2n) is 7.07. The number of hydrogen-bond acceptors (Lipinski definition) is 5. The van der Waals surface area contributed by atoms with Crippen LogP contribution >= 0.6 is 11.6 Å². The standard InChI is InChI=1S/C21H17ClN2O6/c22-12-4-6-17(16(9-12)21(28)29)23-18(25)11-3-5-14-15(8-11)20(27)24(19(14)26)10-13-2-1-7-30-13/h3-6,8-9,13H,1-2,7,10H2,(H,23,25)(H,28,29)/t13-/m0/s1. The van der Waals surface area contributed by atoms with Crippen LogP contribution in [0.1, 0.15) is 54.3 Å². The molecule has 2 N–H and O–H groups in total. The summed E-state index contributed by atoms with van der Waals surface area (Å²) >= 11 is 5.82. The molecule has 9 heteroatoms.